The third-order valence-electron chi connectivity index (χ3n) is 6.77. The molecule has 0 unspecified atom stereocenters. The number of fused-ring (bicyclic) bond motifs is 3. The number of carbonyl (C=O) groups is 2. The average molecular weight is 543 g/mol. The molecular weight excluding hydrogens is 512 g/mol. The van der Waals surface area contributed by atoms with Gasteiger partial charge in [-0.2, -0.15) is 0 Å². The topological polar surface area (TPSA) is 70.0 Å². The van der Waals surface area contributed by atoms with Crippen LogP contribution in [0.2, 0.25) is 0 Å². The van der Waals surface area contributed by atoms with Crippen molar-refractivity contribution in [1.82, 2.24) is 9.47 Å². The molecule has 3 aromatic rings. The second-order valence-corrected chi connectivity index (χ2v) is 9.45. The Hall–Kier alpha value is -2.84. The Bertz CT molecular complexity index is 1220. The van der Waals surface area contributed by atoms with Crippen molar-refractivity contribution in [2.45, 2.75) is 44.8 Å². The van der Waals surface area contributed by atoms with Crippen LogP contribution >= 0.6 is 15.9 Å². The lowest BCUT2D eigenvalue weighted by molar-refractivity contribution is -0.151. The summed E-state index contributed by atoms with van der Waals surface area (Å²) >= 11 is 3.74. The van der Waals surface area contributed by atoms with Crippen LogP contribution in [0, 0.1) is 0 Å². The number of ether oxygens (including phenoxy) is 3. The summed E-state index contributed by atoms with van der Waals surface area (Å²) < 4.78 is 19.1. The van der Waals surface area contributed by atoms with Gasteiger partial charge in [-0.15, -0.1) is 0 Å². The standard InChI is InChI=1S/C27H31BrN2O5/c1-5-35-27(32)21-15-18-24-19(11-13-22(33-3)25(24)28)29(2)26(18)20(12-14-23(31)34-4)30(21)16-17-9-7-6-8-10-17/h6-11,13,20-21H,5,12,14-16H2,1-4H3/t20-,21+/m0/s1. The van der Waals surface area contributed by atoms with Crippen LogP contribution in [0.25, 0.3) is 10.9 Å². The van der Waals surface area contributed by atoms with Gasteiger partial charge < -0.3 is 18.8 Å². The molecule has 0 spiro atoms. The van der Waals surface area contributed by atoms with Gasteiger partial charge in [0.2, 0.25) is 0 Å². The van der Waals surface area contributed by atoms with Gasteiger partial charge in [0.25, 0.3) is 0 Å². The Kier molecular flexibility index (Phi) is 7.82. The summed E-state index contributed by atoms with van der Waals surface area (Å²) in [6, 6.07) is 13.4. The summed E-state index contributed by atoms with van der Waals surface area (Å²) in [7, 11) is 5.08. The van der Waals surface area contributed by atoms with Crippen LogP contribution < -0.4 is 4.74 Å². The highest BCUT2D eigenvalue weighted by Crippen LogP contribution is 2.46. The van der Waals surface area contributed by atoms with Crippen LogP contribution in [0.5, 0.6) is 5.75 Å². The molecule has 2 aromatic carbocycles. The number of aryl methyl sites for hydroxylation is 1. The van der Waals surface area contributed by atoms with E-state index in [1.165, 1.54) is 7.11 Å². The summed E-state index contributed by atoms with van der Waals surface area (Å²) in [5.74, 6) is 0.204. The number of methoxy groups -OCH3 is 2. The van der Waals surface area contributed by atoms with Crippen molar-refractivity contribution < 1.29 is 23.8 Å². The van der Waals surface area contributed by atoms with Crippen LogP contribution in [0.4, 0.5) is 0 Å². The van der Waals surface area contributed by atoms with E-state index in [2.05, 4.69) is 37.5 Å². The van der Waals surface area contributed by atoms with Gasteiger partial charge in [0.05, 0.1) is 31.3 Å². The Morgan fingerprint density at radius 3 is 2.51 bits per heavy atom. The highest BCUT2D eigenvalue weighted by Gasteiger charge is 2.42. The van der Waals surface area contributed by atoms with Gasteiger partial charge in [0.15, 0.2) is 0 Å². The number of nitrogens with zero attached hydrogens (tertiary/aromatic N) is 2. The van der Waals surface area contributed by atoms with Crippen molar-refractivity contribution in [2.75, 3.05) is 20.8 Å². The van der Waals surface area contributed by atoms with Crippen LogP contribution in [0.3, 0.4) is 0 Å². The van der Waals surface area contributed by atoms with Gasteiger partial charge in [-0.1, -0.05) is 30.3 Å². The van der Waals surface area contributed by atoms with Crippen molar-refractivity contribution in [3.63, 3.8) is 0 Å². The Morgan fingerprint density at radius 2 is 1.86 bits per heavy atom. The number of benzene rings is 2. The van der Waals surface area contributed by atoms with Crippen molar-refractivity contribution in [3.05, 3.63) is 63.8 Å². The minimum atomic E-state index is -0.492. The number of esters is 2. The molecule has 4 rings (SSSR count). The molecule has 0 bridgehead atoms. The lowest BCUT2D eigenvalue weighted by atomic mass is 9.88. The van der Waals surface area contributed by atoms with Gasteiger partial charge in [-0.05, 0) is 52.5 Å². The van der Waals surface area contributed by atoms with E-state index in [0.717, 1.165) is 37.9 Å². The molecule has 0 N–H and O–H groups in total. The van der Waals surface area contributed by atoms with Crippen molar-refractivity contribution in [3.8, 4) is 5.75 Å². The van der Waals surface area contributed by atoms with Gasteiger partial charge in [0, 0.05) is 43.0 Å². The van der Waals surface area contributed by atoms with E-state index < -0.39 is 6.04 Å². The number of carbonyl (C=O) groups excluding carboxylic acids is 2. The largest absolute Gasteiger partial charge is 0.496 e. The molecule has 35 heavy (non-hydrogen) atoms. The number of halogens is 1. The molecule has 2 heterocycles. The lowest BCUT2D eigenvalue weighted by Crippen LogP contribution is -2.49. The summed E-state index contributed by atoms with van der Waals surface area (Å²) in [6.45, 7) is 2.69. The minimum Gasteiger partial charge on any atom is -0.496 e. The lowest BCUT2D eigenvalue weighted by Gasteiger charge is -2.41. The summed E-state index contributed by atoms with van der Waals surface area (Å²) in [6.07, 6.45) is 1.26. The third-order valence-corrected chi connectivity index (χ3v) is 7.56. The second kappa shape index (κ2) is 10.8. The number of aromatic nitrogens is 1. The number of hydrogen-bond acceptors (Lipinski definition) is 6. The fourth-order valence-corrected chi connectivity index (χ4v) is 5.91. The predicted octanol–water partition coefficient (Wildman–Crippen LogP) is 4.93. The van der Waals surface area contributed by atoms with Crippen molar-refractivity contribution in [2.24, 2.45) is 7.05 Å². The number of hydrogen-bond donors (Lipinski definition) is 0. The van der Waals surface area contributed by atoms with E-state index in [4.69, 9.17) is 14.2 Å². The molecule has 0 amide bonds. The van der Waals surface area contributed by atoms with E-state index in [1.807, 2.05) is 44.3 Å². The molecule has 1 aliphatic rings. The van der Waals surface area contributed by atoms with E-state index >= 15 is 0 Å². The van der Waals surface area contributed by atoms with Crippen LogP contribution in [0.15, 0.2) is 46.9 Å². The average Bonchev–Trinajstić information content (AvgIpc) is 3.16. The maximum Gasteiger partial charge on any atom is 0.323 e. The molecular formula is C27H31BrN2O5. The first kappa shape index (κ1) is 25.3. The second-order valence-electron chi connectivity index (χ2n) is 8.66. The van der Waals surface area contributed by atoms with Crippen LogP contribution in [0.1, 0.15) is 42.6 Å². The molecule has 0 saturated heterocycles. The van der Waals surface area contributed by atoms with Crippen LogP contribution in [-0.4, -0.2) is 48.3 Å². The fraction of sp³-hybridized carbons (Fsp3) is 0.407. The minimum absolute atomic E-state index is 0.192. The monoisotopic (exact) mass is 542 g/mol. The fourth-order valence-electron chi connectivity index (χ4n) is 5.18. The molecule has 1 aliphatic heterocycles. The van der Waals surface area contributed by atoms with E-state index in [9.17, 15) is 9.59 Å². The van der Waals surface area contributed by atoms with E-state index in [0.29, 0.717) is 26.0 Å². The molecule has 7 nitrogen and oxygen atoms in total. The van der Waals surface area contributed by atoms with E-state index in [-0.39, 0.29) is 24.4 Å². The van der Waals surface area contributed by atoms with Crippen molar-refractivity contribution in [1.29, 1.82) is 0 Å². The van der Waals surface area contributed by atoms with E-state index in [1.54, 1.807) is 7.11 Å². The zero-order valence-corrected chi connectivity index (χ0v) is 22.1. The number of rotatable bonds is 8. The normalized spacial score (nSPS) is 17.7. The van der Waals surface area contributed by atoms with Gasteiger partial charge in [0.1, 0.15) is 11.8 Å². The molecule has 2 atom stereocenters. The zero-order valence-electron chi connectivity index (χ0n) is 20.5. The molecule has 0 saturated carbocycles. The first-order valence-electron chi connectivity index (χ1n) is 11.8. The Labute approximate surface area is 214 Å². The Balaban J connectivity index is 1.91. The zero-order chi connectivity index (χ0) is 25.1. The molecule has 1 aromatic heterocycles. The van der Waals surface area contributed by atoms with Gasteiger partial charge in [-0.3, -0.25) is 14.5 Å². The molecule has 186 valence electrons. The molecule has 0 fully saturated rings. The van der Waals surface area contributed by atoms with Gasteiger partial charge in [-0.25, -0.2) is 0 Å². The molecule has 0 radical (unpaired) electrons. The maximum atomic E-state index is 13.3. The highest BCUT2D eigenvalue weighted by atomic mass is 79.9. The van der Waals surface area contributed by atoms with Gasteiger partial charge >= 0.3 is 11.9 Å². The predicted molar refractivity (Wildman–Crippen MR) is 137 cm³/mol. The molecule has 8 heteroatoms. The van der Waals surface area contributed by atoms with Crippen LogP contribution in [-0.2, 0) is 39.1 Å². The first-order valence-corrected chi connectivity index (χ1v) is 12.6. The summed E-state index contributed by atoms with van der Waals surface area (Å²) in [4.78, 5) is 27.7. The quantitative estimate of drug-likeness (QED) is 0.376. The molecule has 0 aliphatic carbocycles. The Morgan fingerprint density at radius 1 is 1.11 bits per heavy atom. The van der Waals surface area contributed by atoms with Crippen molar-refractivity contribution >= 4 is 38.8 Å². The third kappa shape index (κ3) is 4.82. The SMILES string of the molecule is CCOC(=O)[C@H]1Cc2c(n(C)c3ccc(OC)c(Br)c23)[C@H](CCC(=O)OC)N1Cc1ccccc1. The first-order chi connectivity index (χ1) is 16.9. The maximum absolute atomic E-state index is 13.3. The summed E-state index contributed by atoms with van der Waals surface area (Å²) in [5.41, 5.74) is 4.30. The summed E-state index contributed by atoms with van der Waals surface area (Å²) in [5, 5.41) is 1.03. The highest BCUT2D eigenvalue weighted by molar-refractivity contribution is 9.10. The smallest absolute Gasteiger partial charge is 0.323 e.